The van der Waals surface area contributed by atoms with Gasteiger partial charge in [-0.1, -0.05) is 65.0 Å². The van der Waals surface area contributed by atoms with E-state index in [1.54, 1.807) is 0 Å². The van der Waals surface area contributed by atoms with Crippen molar-refractivity contribution in [3.05, 3.63) is 80.6 Å². The molecule has 4 aromatic rings. The minimum atomic E-state index is -1.60. The summed E-state index contributed by atoms with van der Waals surface area (Å²) in [6.45, 7) is 14.5. The number of hydrogen-bond acceptors (Lipinski definition) is 4. The van der Waals surface area contributed by atoms with Crippen LogP contribution in [0.1, 0.15) is 65.5 Å². The molecule has 0 bridgehead atoms. The number of aromatic nitrogens is 3. The minimum Gasteiger partial charge on any atom is -0.508 e. The molecule has 0 atom stereocenters. The Morgan fingerprint density at radius 2 is 1.26 bits per heavy atom. The molecule has 0 spiro atoms. The van der Waals surface area contributed by atoms with Crippen LogP contribution in [0.5, 0.6) is 5.75 Å². The van der Waals surface area contributed by atoms with Gasteiger partial charge in [-0.2, -0.15) is 0 Å². The van der Waals surface area contributed by atoms with Gasteiger partial charge in [-0.05, 0) is 87.2 Å². The smallest absolute Gasteiger partial charge is 0.188 e. The highest BCUT2D eigenvalue weighted by atomic mass is 127. The maximum absolute atomic E-state index is 15.3. The number of hydrogen-bond donors (Lipinski definition) is 1. The summed E-state index contributed by atoms with van der Waals surface area (Å²) in [5, 5.41) is 17.5. The van der Waals surface area contributed by atoms with Crippen LogP contribution in [0, 0.1) is 27.0 Å². The van der Waals surface area contributed by atoms with Gasteiger partial charge in [0.25, 0.3) is 0 Å². The van der Waals surface area contributed by atoms with E-state index in [4.69, 9.17) is 4.74 Å². The normalized spacial score (nSPS) is 13.7. The van der Waals surface area contributed by atoms with Crippen LogP contribution in [-0.2, 0) is 15.6 Å². The van der Waals surface area contributed by atoms with Crippen LogP contribution >= 0.6 is 22.6 Å². The SMILES string of the molecule is C1CCOC1.CC(C)(C)c1cc(-c2nnn(-c3c(F)c(F)c(-c4ccc(O)cc4)c(F)c3F)c2I)cc(C(C)(C)C)c1. The summed E-state index contributed by atoms with van der Waals surface area (Å²) in [7, 11) is 0. The number of halogens is 5. The van der Waals surface area contributed by atoms with Crippen molar-refractivity contribution in [2.45, 2.75) is 65.2 Å². The summed E-state index contributed by atoms with van der Waals surface area (Å²) in [4.78, 5) is 0. The zero-order valence-corrected chi connectivity index (χ0v) is 26.6. The zero-order valence-electron chi connectivity index (χ0n) is 24.5. The molecule has 1 saturated heterocycles. The molecule has 0 aliphatic carbocycles. The largest absolute Gasteiger partial charge is 0.508 e. The monoisotopic (exact) mass is 695 g/mol. The number of benzene rings is 3. The number of nitrogens with zero attached hydrogens (tertiary/aromatic N) is 3. The number of aromatic hydroxyl groups is 1. The zero-order chi connectivity index (χ0) is 31.0. The maximum atomic E-state index is 15.3. The van der Waals surface area contributed by atoms with Gasteiger partial charge in [-0.25, -0.2) is 22.2 Å². The van der Waals surface area contributed by atoms with Gasteiger partial charge in [0.1, 0.15) is 20.8 Å². The molecular weight excluding hydrogens is 661 g/mol. The number of phenolic OH excluding ortho intramolecular Hbond substituents is 1. The number of rotatable bonds is 3. The van der Waals surface area contributed by atoms with Crippen LogP contribution in [0.15, 0.2) is 42.5 Å². The van der Waals surface area contributed by atoms with E-state index in [9.17, 15) is 5.11 Å². The lowest BCUT2D eigenvalue weighted by atomic mass is 9.79. The van der Waals surface area contributed by atoms with Gasteiger partial charge in [-0.15, -0.1) is 5.10 Å². The van der Waals surface area contributed by atoms with Crippen LogP contribution in [0.2, 0.25) is 0 Å². The van der Waals surface area contributed by atoms with Gasteiger partial charge in [0, 0.05) is 18.8 Å². The average molecular weight is 696 g/mol. The van der Waals surface area contributed by atoms with Crippen molar-refractivity contribution >= 4 is 22.6 Å². The Labute approximate surface area is 257 Å². The lowest BCUT2D eigenvalue weighted by Crippen LogP contribution is -2.16. The molecule has 5 rings (SSSR count). The first-order chi connectivity index (χ1) is 19.6. The Bertz CT molecular complexity index is 1520. The third-order valence-corrected chi connectivity index (χ3v) is 7.96. The lowest BCUT2D eigenvalue weighted by molar-refractivity contribution is 0.198. The van der Waals surface area contributed by atoms with Crippen molar-refractivity contribution in [1.82, 2.24) is 15.0 Å². The summed E-state index contributed by atoms with van der Waals surface area (Å²) in [6, 6.07) is 10.7. The fourth-order valence-electron chi connectivity index (χ4n) is 4.42. The fraction of sp³-hybridized carbons (Fsp3) is 0.375. The minimum absolute atomic E-state index is 0.125. The number of ether oxygens (including phenoxy) is 1. The Morgan fingerprint density at radius 3 is 1.69 bits per heavy atom. The fourth-order valence-corrected chi connectivity index (χ4v) is 5.18. The molecular formula is C32H34F4IN3O2. The molecule has 0 unspecified atom stereocenters. The Kier molecular flexibility index (Phi) is 9.37. The predicted octanol–water partition coefficient (Wildman–Crippen LogP) is 8.86. The van der Waals surface area contributed by atoms with E-state index < -0.39 is 34.5 Å². The Hall–Kier alpha value is -2.99. The number of phenols is 1. The highest BCUT2D eigenvalue weighted by Crippen LogP contribution is 2.38. The first-order valence-corrected chi connectivity index (χ1v) is 14.7. The topological polar surface area (TPSA) is 60.2 Å². The molecule has 3 aromatic carbocycles. The molecule has 0 amide bonds. The van der Waals surface area contributed by atoms with Crippen LogP contribution in [0.3, 0.4) is 0 Å². The van der Waals surface area contributed by atoms with Crippen molar-refractivity contribution in [1.29, 1.82) is 0 Å². The molecule has 1 aromatic heterocycles. The molecule has 1 aliphatic heterocycles. The quantitative estimate of drug-likeness (QED) is 0.132. The molecule has 1 N–H and O–H groups in total. The van der Waals surface area contributed by atoms with Crippen molar-refractivity contribution in [3.8, 4) is 33.8 Å². The van der Waals surface area contributed by atoms with Gasteiger partial charge in [0.15, 0.2) is 23.3 Å². The van der Waals surface area contributed by atoms with Gasteiger partial charge in [0.2, 0.25) is 0 Å². The van der Waals surface area contributed by atoms with E-state index in [0.29, 0.717) is 11.3 Å². The van der Waals surface area contributed by atoms with Gasteiger partial charge in [-0.3, -0.25) is 0 Å². The van der Waals surface area contributed by atoms with E-state index in [2.05, 4.69) is 57.9 Å². The highest BCUT2D eigenvalue weighted by Gasteiger charge is 2.30. The van der Waals surface area contributed by atoms with E-state index in [1.807, 2.05) is 34.7 Å². The van der Waals surface area contributed by atoms with Gasteiger partial charge >= 0.3 is 0 Å². The summed E-state index contributed by atoms with van der Waals surface area (Å²) >= 11 is 1.82. The van der Waals surface area contributed by atoms with Crippen LogP contribution in [-0.4, -0.2) is 33.3 Å². The summed E-state index contributed by atoms with van der Waals surface area (Å²) in [5.41, 5.74) is 0.707. The molecule has 10 heteroatoms. The van der Waals surface area contributed by atoms with E-state index >= 15 is 17.6 Å². The third-order valence-electron chi connectivity index (χ3n) is 6.99. The van der Waals surface area contributed by atoms with E-state index in [1.165, 1.54) is 37.1 Å². The van der Waals surface area contributed by atoms with Crippen LogP contribution < -0.4 is 0 Å². The predicted molar refractivity (Wildman–Crippen MR) is 164 cm³/mol. The molecule has 0 radical (unpaired) electrons. The summed E-state index contributed by atoms with van der Waals surface area (Å²) in [5.74, 6) is -6.50. The third kappa shape index (κ3) is 6.64. The molecule has 224 valence electrons. The van der Waals surface area contributed by atoms with Crippen LogP contribution in [0.4, 0.5) is 17.6 Å². The van der Waals surface area contributed by atoms with Crippen molar-refractivity contribution in [2.75, 3.05) is 13.2 Å². The highest BCUT2D eigenvalue weighted by molar-refractivity contribution is 14.1. The second-order valence-electron chi connectivity index (χ2n) is 12.3. The Morgan fingerprint density at radius 1 is 0.762 bits per heavy atom. The van der Waals surface area contributed by atoms with Crippen molar-refractivity contribution in [3.63, 3.8) is 0 Å². The van der Waals surface area contributed by atoms with Crippen molar-refractivity contribution < 1.29 is 27.4 Å². The van der Waals surface area contributed by atoms with Crippen LogP contribution in [0.25, 0.3) is 28.1 Å². The van der Waals surface area contributed by atoms with Gasteiger partial charge < -0.3 is 9.84 Å². The molecule has 2 heterocycles. The van der Waals surface area contributed by atoms with E-state index in [-0.39, 0.29) is 25.8 Å². The lowest BCUT2D eigenvalue weighted by Gasteiger charge is -2.26. The van der Waals surface area contributed by atoms with Crippen molar-refractivity contribution in [2.24, 2.45) is 0 Å². The second kappa shape index (κ2) is 12.3. The molecule has 0 saturated carbocycles. The average Bonchev–Trinajstić information content (AvgIpc) is 3.62. The first kappa shape index (κ1) is 31.9. The molecule has 42 heavy (non-hydrogen) atoms. The van der Waals surface area contributed by atoms with Gasteiger partial charge in [0.05, 0.1) is 5.56 Å². The molecule has 1 fully saturated rings. The summed E-state index contributed by atoms with van der Waals surface area (Å²) in [6.07, 6.45) is 2.56. The summed E-state index contributed by atoms with van der Waals surface area (Å²) < 4.78 is 66.6. The Balaban J connectivity index is 0.000000732. The van der Waals surface area contributed by atoms with E-state index in [0.717, 1.165) is 29.0 Å². The molecule has 5 nitrogen and oxygen atoms in total. The molecule has 1 aliphatic rings. The second-order valence-corrected chi connectivity index (χ2v) is 13.3. The standard InChI is InChI=1S/C28H26F4IN3O.C4H8O/c1-27(2,3)16-11-15(12-17(13-16)28(4,5)6)24-26(33)36(35-34-24)25-22(31)20(29)19(21(30)23(25)32)14-7-9-18(37)10-8-14;1-2-4-5-3-1/h7-13,37H,1-6H3;1-4H2. The first-order valence-electron chi connectivity index (χ1n) is 13.6. The maximum Gasteiger partial charge on any atom is 0.188 e.